The number of anilines is 1. The molecule has 9 heteroatoms. The van der Waals surface area contributed by atoms with Crippen LogP contribution in [0.15, 0.2) is 35.5 Å². The molecule has 1 fully saturated rings. The maximum atomic E-state index is 12.5. The van der Waals surface area contributed by atoms with Crippen LogP contribution in [-0.4, -0.2) is 52.0 Å². The third kappa shape index (κ3) is 5.64. The Morgan fingerprint density at radius 3 is 2.77 bits per heavy atom. The Balaban J connectivity index is 1.20. The molecular weight excluding hydrogens is 453 g/mol. The molecule has 0 saturated heterocycles. The average molecular weight is 482 g/mol. The number of H-pyrrole nitrogens is 1. The summed E-state index contributed by atoms with van der Waals surface area (Å²) >= 11 is 12.0. The van der Waals surface area contributed by atoms with Crippen molar-refractivity contribution < 1.29 is 4.21 Å². The Morgan fingerprint density at radius 2 is 2.00 bits per heavy atom. The van der Waals surface area contributed by atoms with Gasteiger partial charge >= 0.3 is 0 Å². The smallest absolute Gasteiger partial charge is 0.136 e. The molecule has 1 saturated carbocycles. The number of amidine groups is 1. The monoisotopic (exact) mass is 481 g/mol. The highest BCUT2D eigenvalue weighted by Crippen LogP contribution is 2.30. The third-order valence-corrected chi connectivity index (χ3v) is 8.26. The Hall–Kier alpha value is -1.54. The van der Waals surface area contributed by atoms with E-state index in [1.54, 1.807) is 6.07 Å². The molecule has 0 bridgehead atoms. The van der Waals surface area contributed by atoms with Crippen molar-refractivity contribution in [2.45, 2.75) is 38.1 Å². The molecule has 2 aliphatic rings. The SMILES string of the molecule is CN(C1=NCNc2[nH]ccc21)C1CCC(CS(=O)NCCc2ccc(Cl)c(Cl)c2)CC1. The number of hydrogen-bond acceptors (Lipinski definition) is 4. The molecule has 1 unspecified atom stereocenters. The molecule has 31 heavy (non-hydrogen) atoms. The molecule has 6 nitrogen and oxygen atoms in total. The van der Waals surface area contributed by atoms with E-state index in [-0.39, 0.29) is 0 Å². The van der Waals surface area contributed by atoms with Crippen LogP contribution < -0.4 is 10.0 Å². The van der Waals surface area contributed by atoms with Crippen molar-refractivity contribution in [1.82, 2.24) is 14.6 Å². The molecule has 4 rings (SSSR count). The highest BCUT2D eigenvalue weighted by Gasteiger charge is 2.29. The number of aliphatic imine (C=N–C) groups is 1. The zero-order valence-electron chi connectivity index (χ0n) is 17.7. The fraction of sp³-hybridized carbons (Fsp3) is 0.500. The van der Waals surface area contributed by atoms with E-state index in [4.69, 9.17) is 28.2 Å². The highest BCUT2D eigenvalue weighted by molar-refractivity contribution is 7.83. The number of benzene rings is 1. The predicted molar refractivity (Wildman–Crippen MR) is 131 cm³/mol. The lowest BCUT2D eigenvalue weighted by molar-refractivity contribution is 0.240. The van der Waals surface area contributed by atoms with Gasteiger partial charge in [-0.15, -0.1) is 0 Å². The molecular formula is C22H29Cl2N5OS. The van der Waals surface area contributed by atoms with Crippen molar-refractivity contribution in [3.05, 3.63) is 51.6 Å². The van der Waals surface area contributed by atoms with Crippen LogP contribution in [-0.2, 0) is 17.4 Å². The number of aromatic amines is 1. The van der Waals surface area contributed by atoms with Gasteiger partial charge in [0.25, 0.3) is 0 Å². The van der Waals surface area contributed by atoms with Gasteiger partial charge in [0.05, 0.1) is 26.6 Å². The molecule has 1 aromatic carbocycles. The topological polar surface area (TPSA) is 72.5 Å². The van der Waals surface area contributed by atoms with E-state index in [0.29, 0.717) is 41.0 Å². The van der Waals surface area contributed by atoms with Gasteiger partial charge in [0.1, 0.15) is 18.3 Å². The van der Waals surface area contributed by atoms with Crippen LogP contribution in [0.25, 0.3) is 0 Å². The number of fused-ring (bicyclic) bond motifs is 1. The van der Waals surface area contributed by atoms with Gasteiger partial charge in [0, 0.05) is 31.6 Å². The second kappa shape index (κ2) is 10.4. The van der Waals surface area contributed by atoms with E-state index in [9.17, 15) is 4.21 Å². The first-order valence-electron chi connectivity index (χ1n) is 10.8. The number of hydrogen-bond donors (Lipinski definition) is 3. The van der Waals surface area contributed by atoms with Gasteiger partial charge in [-0.1, -0.05) is 29.3 Å². The standard InChI is InChI=1S/C22H29Cl2N5OS/c1-29(22-18-9-10-25-21(18)26-14-27-22)17-5-2-16(3-6-17)13-31(30)28-11-8-15-4-7-19(23)20(24)12-15/h4,7,9-10,12,16-17,25-26,28H,2-3,5-6,8,11,13-14H2,1H3. The first-order valence-corrected chi connectivity index (χ1v) is 12.8. The van der Waals surface area contributed by atoms with Gasteiger partial charge in [-0.3, -0.25) is 0 Å². The van der Waals surface area contributed by atoms with Gasteiger partial charge in [0.2, 0.25) is 0 Å². The van der Waals surface area contributed by atoms with E-state index < -0.39 is 11.0 Å². The Kier molecular flexibility index (Phi) is 7.59. The van der Waals surface area contributed by atoms with Gasteiger partial charge in [-0.05, 0) is 61.8 Å². The number of nitrogens with one attached hydrogen (secondary N) is 3. The molecule has 1 aliphatic carbocycles. The molecule has 168 valence electrons. The van der Waals surface area contributed by atoms with Crippen LogP contribution in [0, 0.1) is 5.92 Å². The Morgan fingerprint density at radius 1 is 1.19 bits per heavy atom. The van der Waals surface area contributed by atoms with Crippen molar-refractivity contribution in [2.24, 2.45) is 10.9 Å². The van der Waals surface area contributed by atoms with E-state index in [1.165, 1.54) is 0 Å². The first kappa shape index (κ1) is 22.6. The summed E-state index contributed by atoms with van der Waals surface area (Å²) < 4.78 is 15.7. The number of halogens is 2. The summed E-state index contributed by atoms with van der Waals surface area (Å²) in [6.07, 6.45) is 7.13. The van der Waals surface area contributed by atoms with Gasteiger partial charge in [-0.25, -0.2) is 13.9 Å². The minimum Gasteiger partial charge on any atom is -0.356 e. The molecule has 1 aromatic heterocycles. The summed E-state index contributed by atoms with van der Waals surface area (Å²) in [6.45, 7) is 1.27. The van der Waals surface area contributed by atoms with Crippen molar-refractivity contribution in [3.63, 3.8) is 0 Å². The van der Waals surface area contributed by atoms with Crippen LogP contribution in [0.4, 0.5) is 5.82 Å². The van der Waals surface area contributed by atoms with E-state index in [1.807, 2.05) is 18.3 Å². The lowest BCUT2D eigenvalue weighted by Gasteiger charge is -2.37. The zero-order valence-corrected chi connectivity index (χ0v) is 20.0. The minimum atomic E-state index is -1.01. The van der Waals surface area contributed by atoms with Crippen LogP contribution >= 0.6 is 23.2 Å². The molecule has 2 aromatic rings. The highest BCUT2D eigenvalue weighted by atomic mass is 35.5. The largest absolute Gasteiger partial charge is 0.356 e. The molecule has 2 heterocycles. The van der Waals surface area contributed by atoms with Crippen molar-refractivity contribution >= 4 is 45.8 Å². The average Bonchev–Trinajstić information content (AvgIpc) is 3.25. The molecule has 1 aliphatic heterocycles. The molecule has 1 atom stereocenters. The Bertz CT molecular complexity index is 955. The summed E-state index contributed by atoms with van der Waals surface area (Å²) in [5, 5.41) is 4.39. The van der Waals surface area contributed by atoms with E-state index >= 15 is 0 Å². The fourth-order valence-corrected chi connectivity index (χ4v) is 5.96. The van der Waals surface area contributed by atoms with Crippen LogP contribution in [0.3, 0.4) is 0 Å². The van der Waals surface area contributed by atoms with Crippen LogP contribution in [0.1, 0.15) is 36.8 Å². The zero-order chi connectivity index (χ0) is 21.8. The normalized spacial score (nSPS) is 21.7. The predicted octanol–water partition coefficient (Wildman–Crippen LogP) is 4.44. The summed E-state index contributed by atoms with van der Waals surface area (Å²) in [7, 11) is 1.14. The van der Waals surface area contributed by atoms with Gasteiger partial charge in [0.15, 0.2) is 0 Å². The molecule has 0 spiro atoms. The van der Waals surface area contributed by atoms with Crippen molar-refractivity contribution in [3.8, 4) is 0 Å². The van der Waals surface area contributed by atoms with E-state index in [0.717, 1.165) is 54.9 Å². The molecule has 0 radical (unpaired) electrons. The van der Waals surface area contributed by atoms with Crippen molar-refractivity contribution in [2.75, 3.05) is 31.3 Å². The molecule has 3 N–H and O–H groups in total. The maximum absolute atomic E-state index is 12.5. The van der Waals surface area contributed by atoms with Crippen LogP contribution in [0.5, 0.6) is 0 Å². The summed E-state index contributed by atoms with van der Waals surface area (Å²) in [5.41, 5.74) is 2.23. The van der Waals surface area contributed by atoms with Gasteiger partial charge in [-0.2, -0.15) is 0 Å². The van der Waals surface area contributed by atoms with Gasteiger partial charge < -0.3 is 15.2 Å². The van der Waals surface area contributed by atoms with E-state index in [2.05, 4.69) is 33.0 Å². The van der Waals surface area contributed by atoms with Crippen LogP contribution in [0.2, 0.25) is 10.0 Å². The maximum Gasteiger partial charge on any atom is 0.136 e. The number of rotatable bonds is 7. The Labute approximate surface area is 196 Å². The quantitative estimate of drug-likeness (QED) is 0.547. The lowest BCUT2D eigenvalue weighted by atomic mass is 9.86. The van der Waals surface area contributed by atoms with Crippen molar-refractivity contribution in [1.29, 1.82) is 0 Å². The summed E-state index contributed by atoms with van der Waals surface area (Å²) in [6, 6.07) is 8.19. The first-order chi connectivity index (χ1) is 15.0. The minimum absolute atomic E-state index is 0.479. The fourth-order valence-electron chi connectivity index (χ4n) is 4.43. The summed E-state index contributed by atoms with van der Waals surface area (Å²) in [5.74, 6) is 3.32. The lowest BCUT2D eigenvalue weighted by Crippen LogP contribution is -2.42. The second-order valence-electron chi connectivity index (χ2n) is 8.27. The summed E-state index contributed by atoms with van der Waals surface area (Å²) in [4.78, 5) is 10.3. The second-order valence-corrected chi connectivity index (χ2v) is 10.4. The number of aromatic nitrogens is 1. The molecule has 0 amide bonds. The number of nitrogens with zero attached hydrogens (tertiary/aromatic N) is 2. The third-order valence-electron chi connectivity index (χ3n) is 6.22.